The summed E-state index contributed by atoms with van der Waals surface area (Å²) in [7, 11) is 1.87. The van der Waals surface area contributed by atoms with Crippen LogP contribution in [0.3, 0.4) is 0 Å². The fourth-order valence-electron chi connectivity index (χ4n) is 1.65. The number of nitrogens with zero attached hydrogens (tertiary/aromatic N) is 3. The summed E-state index contributed by atoms with van der Waals surface area (Å²) in [5.74, 6) is 0. The van der Waals surface area contributed by atoms with Crippen LogP contribution in [0.2, 0.25) is 0 Å². The molecule has 1 heterocycles. The number of anilines is 2. The number of hydrogen-bond donors (Lipinski definition) is 1. The monoisotopic (exact) mass is 264 g/mol. The van der Waals surface area contributed by atoms with Gasteiger partial charge >= 0.3 is 0 Å². The summed E-state index contributed by atoms with van der Waals surface area (Å²) in [5, 5.41) is 12.6. The van der Waals surface area contributed by atoms with Gasteiger partial charge in [-0.3, -0.25) is 10.1 Å². The first-order valence-electron chi connectivity index (χ1n) is 5.20. The zero-order valence-corrected chi connectivity index (χ0v) is 10.6. The van der Waals surface area contributed by atoms with Crippen LogP contribution in [0.5, 0.6) is 0 Å². The molecule has 0 aliphatic carbocycles. The van der Waals surface area contributed by atoms with E-state index in [-0.39, 0.29) is 5.69 Å². The molecule has 6 nitrogen and oxygen atoms in total. The van der Waals surface area contributed by atoms with Crippen molar-refractivity contribution in [3.05, 3.63) is 44.9 Å². The van der Waals surface area contributed by atoms with Gasteiger partial charge in [0, 0.05) is 24.6 Å². The maximum absolute atomic E-state index is 10.6. The summed E-state index contributed by atoms with van der Waals surface area (Å²) < 4.78 is 0. The highest BCUT2D eigenvalue weighted by molar-refractivity contribution is 7.07. The summed E-state index contributed by atoms with van der Waals surface area (Å²) in [6.07, 6.45) is 0. The Balaban J connectivity index is 2.20. The van der Waals surface area contributed by atoms with Crippen molar-refractivity contribution < 1.29 is 4.92 Å². The SMILES string of the molecule is CN(Cc1cscn1)c1ccc([N+](=O)[O-])cc1N. The smallest absolute Gasteiger partial charge is 0.271 e. The lowest BCUT2D eigenvalue weighted by Crippen LogP contribution is -2.18. The quantitative estimate of drug-likeness (QED) is 0.520. The van der Waals surface area contributed by atoms with E-state index in [1.807, 2.05) is 17.3 Å². The van der Waals surface area contributed by atoms with Gasteiger partial charge in [-0.25, -0.2) is 4.98 Å². The summed E-state index contributed by atoms with van der Waals surface area (Å²) in [6.45, 7) is 0.617. The molecule has 94 valence electrons. The van der Waals surface area contributed by atoms with E-state index in [2.05, 4.69) is 4.98 Å². The van der Waals surface area contributed by atoms with Crippen LogP contribution in [-0.2, 0) is 6.54 Å². The normalized spacial score (nSPS) is 10.3. The van der Waals surface area contributed by atoms with Crippen LogP contribution in [0.15, 0.2) is 29.1 Å². The second-order valence-corrected chi connectivity index (χ2v) is 4.55. The zero-order chi connectivity index (χ0) is 13.1. The lowest BCUT2D eigenvalue weighted by atomic mass is 10.2. The zero-order valence-electron chi connectivity index (χ0n) is 9.74. The molecule has 18 heavy (non-hydrogen) atoms. The van der Waals surface area contributed by atoms with Gasteiger partial charge in [0.2, 0.25) is 0 Å². The lowest BCUT2D eigenvalue weighted by Gasteiger charge is -2.19. The first-order valence-corrected chi connectivity index (χ1v) is 6.14. The number of nitrogen functional groups attached to an aromatic ring is 1. The van der Waals surface area contributed by atoms with Crippen molar-refractivity contribution in [3.8, 4) is 0 Å². The van der Waals surface area contributed by atoms with Gasteiger partial charge in [0.05, 0.1) is 34.0 Å². The molecule has 0 aliphatic heterocycles. The lowest BCUT2D eigenvalue weighted by molar-refractivity contribution is -0.384. The van der Waals surface area contributed by atoms with E-state index in [4.69, 9.17) is 5.73 Å². The Morgan fingerprint density at radius 2 is 2.33 bits per heavy atom. The van der Waals surface area contributed by atoms with Crippen LogP contribution in [0.25, 0.3) is 0 Å². The molecule has 0 atom stereocenters. The fourth-order valence-corrected chi connectivity index (χ4v) is 2.20. The number of nitro benzene ring substituents is 1. The predicted molar refractivity (Wildman–Crippen MR) is 71.7 cm³/mol. The van der Waals surface area contributed by atoms with Gasteiger partial charge in [-0.15, -0.1) is 11.3 Å². The van der Waals surface area contributed by atoms with E-state index in [1.54, 1.807) is 11.6 Å². The van der Waals surface area contributed by atoms with Crippen molar-refractivity contribution in [2.75, 3.05) is 17.7 Å². The van der Waals surface area contributed by atoms with Crippen LogP contribution >= 0.6 is 11.3 Å². The Morgan fingerprint density at radius 1 is 1.56 bits per heavy atom. The Kier molecular flexibility index (Phi) is 3.42. The number of aromatic nitrogens is 1. The van der Waals surface area contributed by atoms with Crippen LogP contribution in [-0.4, -0.2) is 17.0 Å². The second-order valence-electron chi connectivity index (χ2n) is 3.84. The first-order chi connectivity index (χ1) is 8.58. The molecular weight excluding hydrogens is 252 g/mol. The van der Waals surface area contributed by atoms with E-state index in [0.717, 1.165) is 11.4 Å². The van der Waals surface area contributed by atoms with Gasteiger partial charge in [0.25, 0.3) is 5.69 Å². The van der Waals surface area contributed by atoms with Crippen molar-refractivity contribution in [1.29, 1.82) is 0 Å². The average molecular weight is 264 g/mol. The Labute approximate surface area is 108 Å². The molecule has 0 bridgehead atoms. The highest BCUT2D eigenvalue weighted by atomic mass is 32.1. The van der Waals surface area contributed by atoms with Crippen molar-refractivity contribution in [2.45, 2.75) is 6.54 Å². The highest BCUT2D eigenvalue weighted by Crippen LogP contribution is 2.27. The van der Waals surface area contributed by atoms with E-state index < -0.39 is 4.92 Å². The largest absolute Gasteiger partial charge is 0.397 e. The molecule has 0 saturated carbocycles. The van der Waals surface area contributed by atoms with E-state index >= 15 is 0 Å². The molecule has 2 N–H and O–H groups in total. The minimum Gasteiger partial charge on any atom is -0.397 e. The molecule has 1 aromatic carbocycles. The minimum absolute atomic E-state index is 0.00157. The second kappa shape index (κ2) is 5.01. The number of nitrogens with two attached hydrogens (primary N) is 1. The first kappa shape index (κ1) is 12.3. The topological polar surface area (TPSA) is 85.3 Å². The van der Waals surface area contributed by atoms with Crippen LogP contribution < -0.4 is 10.6 Å². The van der Waals surface area contributed by atoms with Crippen LogP contribution in [0.4, 0.5) is 17.1 Å². The van der Waals surface area contributed by atoms with E-state index in [9.17, 15) is 10.1 Å². The Morgan fingerprint density at radius 3 is 2.89 bits per heavy atom. The Hall–Kier alpha value is -2.15. The minimum atomic E-state index is -0.458. The maximum atomic E-state index is 10.6. The molecule has 0 saturated heterocycles. The molecule has 2 rings (SSSR count). The third kappa shape index (κ3) is 2.57. The van der Waals surface area contributed by atoms with Gasteiger partial charge < -0.3 is 10.6 Å². The molecule has 0 amide bonds. The van der Waals surface area contributed by atoms with Crippen LogP contribution in [0, 0.1) is 10.1 Å². The van der Waals surface area contributed by atoms with Gasteiger partial charge in [0.1, 0.15) is 0 Å². The number of thiazole rings is 1. The van der Waals surface area contributed by atoms with E-state index in [1.165, 1.54) is 23.5 Å². The Bertz CT molecular complexity index is 556. The van der Waals surface area contributed by atoms with Crippen molar-refractivity contribution in [1.82, 2.24) is 4.98 Å². The van der Waals surface area contributed by atoms with Gasteiger partial charge in [0.15, 0.2) is 0 Å². The summed E-state index contributed by atoms with van der Waals surface area (Å²) in [4.78, 5) is 16.3. The molecule has 0 aliphatic rings. The predicted octanol–water partition coefficient (Wildman–Crippen LogP) is 2.27. The molecule has 0 radical (unpaired) electrons. The third-order valence-electron chi connectivity index (χ3n) is 2.52. The molecule has 2 aromatic rings. The molecule has 7 heteroatoms. The average Bonchev–Trinajstić information content (AvgIpc) is 2.81. The number of nitro groups is 1. The van der Waals surface area contributed by atoms with E-state index in [0.29, 0.717) is 12.2 Å². The maximum Gasteiger partial charge on any atom is 0.271 e. The summed E-state index contributed by atoms with van der Waals surface area (Å²) in [5.41, 5.74) is 9.68. The molecular formula is C11H12N4O2S. The third-order valence-corrected chi connectivity index (χ3v) is 3.15. The number of rotatable bonds is 4. The van der Waals surface area contributed by atoms with Gasteiger partial charge in [-0.1, -0.05) is 0 Å². The van der Waals surface area contributed by atoms with Crippen molar-refractivity contribution in [2.24, 2.45) is 0 Å². The van der Waals surface area contributed by atoms with Gasteiger partial charge in [-0.2, -0.15) is 0 Å². The van der Waals surface area contributed by atoms with Gasteiger partial charge in [-0.05, 0) is 6.07 Å². The highest BCUT2D eigenvalue weighted by Gasteiger charge is 2.12. The molecule has 0 unspecified atom stereocenters. The summed E-state index contributed by atoms with van der Waals surface area (Å²) in [6, 6.07) is 4.47. The number of non-ortho nitro benzene ring substituents is 1. The number of benzene rings is 1. The number of hydrogen-bond acceptors (Lipinski definition) is 6. The molecule has 0 fully saturated rings. The molecule has 0 spiro atoms. The standard InChI is InChI=1S/C11H12N4O2S/c1-14(5-8-6-18-7-13-8)11-3-2-9(15(16)17)4-10(11)12/h2-4,6-7H,5,12H2,1H3. The van der Waals surface area contributed by atoms with Crippen molar-refractivity contribution in [3.63, 3.8) is 0 Å². The van der Waals surface area contributed by atoms with Crippen LogP contribution in [0.1, 0.15) is 5.69 Å². The van der Waals surface area contributed by atoms with Crippen molar-refractivity contribution >= 4 is 28.4 Å². The fraction of sp³-hybridized carbons (Fsp3) is 0.182. The molecule has 1 aromatic heterocycles. The summed E-state index contributed by atoms with van der Waals surface area (Å²) >= 11 is 1.53.